The molecule has 0 unspecified atom stereocenters. The predicted octanol–water partition coefficient (Wildman–Crippen LogP) is 2.19. The maximum Gasteiger partial charge on any atom is 0.144 e. The van der Waals surface area contributed by atoms with Crippen molar-refractivity contribution < 1.29 is 5.21 Å². The first-order valence-electron chi connectivity index (χ1n) is 4.23. The van der Waals surface area contributed by atoms with Crippen LogP contribution < -0.4 is 5.73 Å². The van der Waals surface area contributed by atoms with E-state index >= 15 is 0 Å². The van der Waals surface area contributed by atoms with Crippen LogP contribution in [0, 0.1) is 0 Å². The third kappa shape index (κ3) is 1.70. The first-order chi connectivity index (χ1) is 6.79. The van der Waals surface area contributed by atoms with E-state index < -0.39 is 0 Å². The van der Waals surface area contributed by atoms with Gasteiger partial charge in [0.2, 0.25) is 0 Å². The van der Waals surface area contributed by atoms with E-state index in [0.717, 1.165) is 4.88 Å². The molecule has 0 saturated heterocycles. The highest BCUT2D eigenvalue weighted by Gasteiger charge is 2.02. The molecule has 1 aromatic carbocycles. The SMILES string of the molecule is N/C(Cc1cc2ccccc2s1)=N\O. The fourth-order valence-corrected chi connectivity index (χ4v) is 2.42. The topological polar surface area (TPSA) is 58.6 Å². The summed E-state index contributed by atoms with van der Waals surface area (Å²) in [6.45, 7) is 0. The van der Waals surface area contributed by atoms with Crippen LogP contribution in [-0.4, -0.2) is 11.0 Å². The molecule has 0 aliphatic carbocycles. The summed E-state index contributed by atoms with van der Waals surface area (Å²) in [6, 6.07) is 10.2. The van der Waals surface area contributed by atoms with Crippen molar-refractivity contribution in [2.45, 2.75) is 6.42 Å². The van der Waals surface area contributed by atoms with Crippen molar-refractivity contribution in [1.29, 1.82) is 0 Å². The molecule has 4 heteroatoms. The summed E-state index contributed by atoms with van der Waals surface area (Å²) in [5.41, 5.74) is 5.43. The molecular formula is C10H10N2OS. The fraction of sp³-hybridized carbons (Fsp3) is 0.100. The molecule has 0 atom stereocenters. The molecular weight excluding hydrogens is 196 g/mol. The molecule has 0 amide bonds. The smallest absolute Gasteiger partial charge is 0.144 e. The van der Waals surface area contributed by atoms with E-state index in [1.54, 1.807) is 11.3 Å². The molecule has 3 nitrogen and oxygen atoms in total. The summed E-state index contributed by atoms with van der Waals surface area (Å²) in [4.78, 5) is 1.11. The average Bonchev–Trinajstić information content (AvgIpc) is 2.59. The van der Waals surface area contributed by atoms with E-state index in [1.807, 2.05) is 12.1 Å². The number of hydrogen-bond donors (Lipinski definition) is 2. The highest BCUT2D eigenvalue weighted by molar-refractivity contribution is 7.19. The first-order valence-corrected chi connectivity index (χ1v) is 5.05. The standard InChI is InChI=1S/C10H10N2OS/c11-10(12-13)6-8-5-7-3-1-2-4-9(7)14-8/h1-5,13H,6H2,(H2,11,12). The summed E-state index contributed by atoms with van der Waals surface area (Å²) in [7, 11) is 0. The van der Waals surface area contributed by atoms with Crippen LogP contribution in [0.5, 0.6) is 0 Å². The monoisotopic (exact) mass is 206 g/mol. The van der Waals surface area contributed by atoms with Crippen molar-refractivity contribution in [1.82, 2.24) is 0 Å². The Labute approximate surface area is 85.5 Å². The van der Waals surface area contributed by atoms with Crippen LogP contribution in [0.3, 0.4) is 0 Å². The lowest BCUT2D eigenvalue weighted by molar-refractivity contribution is 0.317. The Morgan fingerprint density at radius 3 is 2.93 bits per heavy atom. The van der Waals surface area contributed by atoms with E-state index in [1.165, 1.54) is 10.1 Å². The van der Waals surface area contributed by atoms with Gasteiger partial charge in [0, 0.05) is 16.0 Å². The Kier molecular flexibility index (Phi) is 2.37. The Balaban J connectivity index is 2.36. The normalized spacial score (nSPS) is 12.1. The van der Waals surface area contributed by atoms with E-state index in [0.29, 0.717) is 6.42 Å². The molecule has 0 radical (unpaired) electrons. The van der Waals surface area contributed by atoms with Crippen LogP contribution in [-0.2, 0) is 6.42 Å². The summed E-state index contributed by atoms with van der Waals surface area (Å²) in [6.07, 6.45) is 0.510. The minimum atomic E-state index is 0.247. The van der Waals surface area contributed by atoms with Gasteiger partial charge in [-0.05, 0) is 17.5 Å². The fourth-order valence-electron chi connectivity index (χ4n) is 1.34. The lowest BCUT2D eigenvalue weighted by atomic mass is 10.2. The third-order valence-electron chi connectivity index (χ3n) is 1.96. The minimum absolute atomic E-state index is 0.247. The zero-order valence-electron chi connectivity index (χ0n) is 7.47. The third-order valence-corrected chi connectivity index (χ3v) is 3.08. The number of nitrogens with zero attached hydrogens (tertiary/aromatic N) is 1. The Morgan fingerprint density at radius 1 is 1.43 bits per heavy atom. The van der Waals surface area contributed by atoms with Crippen molar-refractivity contribution >= 4 is 27.3 Å². The molecule has 1 aromatic heterocycles. The molecule has 3 N–H and O–H groups in total. The quantitative estimate of drug-likeness (QED) is 0.342. The molecule has 0 spiro atoms. The maximum atomic E-state index is 8.44. The van der Waals surface area contributed by atoms with Crippen molar-refractivity contribution in [2.75, 3.05) is 0 Å². The predicted molar refractivity (Wildman–Crippen MR) is 58.9 cm³/mol. The Hall–Kier alpha value is -1.55. The summed E-state index contributed by atoms with van der Waals surface area (Å²) >= 11 is 1.67. The number of thiophene rings is 1. The van der Waals surface area contributed by atoms with Crippen LogP contribution in [0.15, 0.2) is 35.5 Å². The molecule has 14 heavy (non-hydrogen) atoms. The van der Waals surface area contributed by atoms with Crippen molar-refractivity contribution in [3.05, 3.63) is 35.2 Å². The van der Waals surface area contributed by atoms with Gasteiger partial charge in [-0.25, -0.2) is 0 Å². The number of hydrogen-bond acceptors (Lipinski definition) is 3. The molecule has 0 bridgehead atoms. The van der Waals surface area contributed by atoms with Gasteiger partial charge in [-0.1, -0.05) is 23.4 Å². The van der Waals surface area contributed by atoms with Crippen molar-refractivity contribution in [3.8, 4) is 0 Å². The van der Waals surface area contributed by atoms with Gasteiger partial charge in [0.25, 0.3) is 0 Å². The van der Waals surface area contributed by atoms with Crippen LogP contribution >= 0.6 is 11.3 Å². The summed E-state index contributed by atoms with van der Waals surface area (Å²) < 4.78 is 1.23. The van der Waals surface area contributed by atoms with E-state index in [-0.39, 0.29) is 5.84 Å². The number of benzene rings is 1. The molecule has 0 aliphatic heterocycles. The van der Waals surface area contributed by atoms with Gasteiger partial charge in [0.1, 0.15) is 5.84 Å². The Morgan fingerprint density at radius 2 is 2.21 bits per heavy atom. The lowest BCUT2D eigenvalue weighted by Gasteiger charge is -1.91. The second-order valence-electron chi connectivity index (χ2n) is 3.02. The zero-order chi connectivity index (χ0) is 9.97. The highest BCUT2D eigenvalue weighted by atomic mass is 32.1. The van der Waals surface area contributed by atoms with Crippen LogP contribution in [0.1, 0.15) is 4.88 Å². The van der Waals surface area contributed by atoms with E-state index in [4.69, 9.17) is 10.9 Å². The highest BCUT2D eigenvalue weighted by Crippen LogP contribution is 2.25. The molecule has 0 saturated carbocycles. The van der Waals surface area contributed by atoms with Gasteiger partial charge in [-0.2, -0.15) is 0 Å². The molecule has 1 heterocycles. The van der Waals surface area contributed by atoms with Crippen LogP contribution in [0.25, 0.3) is 10.1 Å². The van der Waals surface area contributed by atoms with Gasteiger partial charge in [-0.3, -0.25) is 0 Å². The number of rotatable bonds is 2. The zero-order valence-corrected chi connectivity index (χ0v) is 8.29. The first kappa shape index (κ1) is 9.02. The van der Waals surface area contributed by atoms with Gasteiger partial charge in [0.05, 0.1) is 0 Å². The largest absolute Gasteiger partial charge is 0.409 e. The van der Waals surface area contributed by atoms with E-state index in [2.05, 4.69) is 23.4 Å². The summed E-state index contributed by atoms with van der Waals surface area (Å²) in [5.74, 6) is 0.247. The molecule has 0 fully saturated rings. The molecule has 2 aromatic rings. The van der Waals surface area contributed by atoms with Crippen molar-refractivity contribution in [2.24, 2.45) is 10.9 Å². The number of nitrogens with two attached hydrogens (primary N) is 1. The van der Waals surface area contributed by atoms with Gasteiger partial charge in [-0.15, -0.1) is 11.3 Å². The molecule has 2 rings (SSSR count). The maximum absolute atomic E-state index is 8.44. The second-order valence-corrected chi connectivity index (χ2v) is 4.19. The van der Waals surface area contributed by atoms with Gasteiger partial charge >= 0.3 is 0 Å². The number of fused-ring (bicyclic) bond motifs is 1. The van der Waals surface area contributed by atoms with Crippen LogP contribution in [0.2, 0.25) is 0 Å². The number of amidine groups is 1. The molecule has 0 aliphatic rings. The van der Waals surface area contributed by atoms with Gasteiger partial charge in [0.15, 0.2) is 0 Å². The Bertz CT molecular complexity index is 443. The van der Waals surface area contributed by atoms with Crippen molar-refractivity contribution in [3.63, 3.8) is 0 Å². The van der Waals surface area contributed by atoms with Gasteiger partial charge < -0.3 is 10.9 Å². The second kappa shape index (κ2) is 3.67. The number of oxime groups is 1. The molecule has 72 valence electrons. The minimum Gasteiger partial charge on any atom is -0.409 e. The summed E-state index contributed by atoms with van der Waals surface area (Å²) in [5, 5.41) is 12.6. The van der Waals surface area contributed by atoms with E-state index in [9.17, 15) is 0 Å². The average molecular weight is 206 g/mol. The van der Waals surface area contributed by atoms with Crippen LogP contribution in [0.4, 0.5) is 0 Å². The lowest BCUT2D eigenvalue weighted by Crippen LogP contribution is -2.13.